The molecule has 0 saturated heterocycles. The molecule has 0 spiro atoms. The number of hydrogen-bond acceptors (Lipinski definition) is 2. The summed E-state index contributed by atoms with van der Waals surface area (Å²) in [6, 6.07) is 4.35. The number of hydrogen-bond donors (Lipinski definition) is 1. The zero-order valence-corrected chi connectivity index (χ0v) is 9.65. The second kappa shape index (κ2) is 4.73. The van der Waals surface area contributed by atoms with E-state index in [1.165, 1.54) is 19.2 Å². The molecule has 0 radical (unpaired) electrons. The molecule has 0 heterocycles. The van der Waals surface area contributed by atoms with Gasteiger partial charge in [-0.15, -0.1) is 0 Å². The van der Waals surface area contributed by atoms with Crippen LogP contribution in [-0.2, 0) is 4.79 Å². The smallest absolute Gasteiger partial charge is 0.471 e. The molecule has 0 aliphatic rings. The Labute approximate surface area is 97.7 Å². The van der Waals surface area contributed by atoms with Crippen molar-refractivity contribution < 1.29 is 22.7 Å². The van der Waals surface area contributed by atoms with E-state index in [-0.39, 0.29) is 10.2 Å². The number of alkyl halides is 3. The van der Waals surface area contributed by atoms with Crippen LogP contribution < -0.4 is 10.1 Å². The number of benzene rings is 1. The first-order valence-electron chi connectivity index (χ1n) is 4.07. The molecule has 1 amide bonds. The topological polar surface area (TPSA) is 38.3 Å². The van der Waals surface area contributed by atoms with Crippen molar-refractivity contribution in [2.45, 2.75) is 6.18 Å². The van der Waals surface area contributed by atoms with E-state index in [4.69, 9.17) is 4.74 Å². The van der Waals surface area contributed by atoms with Gasteiger partial charge in [-0.3, -0.25) is 4.79 Å². The van der Waals surface area contributed by atoms with Gasteiger partial charge in [0.1, 0.15) is 5.75 Å². The molecule has 0 unspecified atom stereocenters. The van der Waals surface area contributed by atoms with Gasteiger partial charge in [0.15, 0.2) is 0 Å². The van der Waals surface area contributed by atoms with Gasteiger partial charge < -0.3 is 10.1 Å². The van der Waals surface area contributed by atoms with Crippen molar-refractivity contribution in [2.24, 2.45) is 0 Å². The third-order valence-electron chi connectivity index (χ3n) is 1.69. The first-order valence-corrected chi connectivity index (χ1v) is 4.86. The van der Waals surface area contributed by atoms with E-state index in [2.05, 4.69) is 15.9 Å². The molecular weight excluding hydrogens is 291 g/mol. The third-order valence-corrected chi connectivity index (χ3v) is 2.51. The first-order chi connectivity index (χ1) is 7.36. The van der Waals surface area contributed by atoms with Crippen molar-refractivity contribution >= 4 is 27.5 Å². The molecule has 0 bridgehead atoms. The van der Waals surface area contributed by atoms with E-state index in [1.807, 2.05) is 0 Å². The highest BCUT2D eigenvalue weighted by Gasteiger charge is 2.39. The van der Waals surface area contributed by atoms with E-state index >= 15 is 0 Å². The van der Waals surface area contributed by atoms with Crippen molar-refractivity contribution in [1.82, 2.24) is 0 Å². The maximum atomic E-state index is 12.0. The Bertz CT molecular complexity index is 406. The molecule has 0 saturated carbocycles. The number of rotatable bonds is 2. The fourth-order valence-corrected chi connectivity index (χ4v) is 1.48. The van der Waals surface area contributed by atoms with Gasteiger partial charge in [-0.2, -0.15) is 13.2 Å². The number of anilines is 1. The molecule has 7 heteroatoms. The van der Waals surface area contributed by atoms with Gasteiger partial charge in [0.05, 0.1) is 17.3 Å². The van der Waals surface area contributed by atoms with Crippen LogP contribution in [0.25, 0.3) is 0 Å². The number of ether oxygens (including phenoxy) is 1. The number of nitrogens with one attached hydrogen (secondary N) is 1. The van der Waals surface area contributed by atoms with Crippen LogP contribution in [0.5, 0.6) is 5.75 Å². The highest BCUT2D eigenvalue weighted by atomic mass is 79.9. The first kappa shape index (κ1) is 12.8. The summed E-state index contributed by atoms with van der Waals surface area (Å²) in [4.78, 5) is 10.7. The highest BCUT2D eigenvalue weighted by molar-refractivity contribution is 9.10. The van der Waals surface area contributed by atoms with Gasteiger partial charge in [0, 0.05) is 0 Å². The number of halogens is 4. The fourth-order valence-electron chi connectivity index (χ4n) is 0.958. The molecular formula is C9H7BrF3NO2. The molecule has 0 aliphatic heterocycles. The molecule has 1 N–H and O–H groups in total. The molecule has 0 fully saturated rings. The van der Waals surface area contributed by atoms with Gasteiger partial charge in [-0.05, 0) is 28.1 Å². The van der Waals surface area contributed by atoms with Crippen molar-refractivity contribution in [3.8, 4) is 5.75 Å². The Kier molecular flexibility index (Phi) is 3.79. The molecule has 1 aromatic carbocycles. The highest BCUT2D eigenvalue weighted by Crippen LogP contribution is 2.32. The Hall–Kier alpha value is -1.24. The Morgan fingerprint density at radius 3 is 2.56 bits per heavy atom. The molecule has 0 atom stereocenters. The molecule has 88 valence electrons. The minimum Gasteiger partial charge on any atom is -0.495 e. The fraction of sp³-hybridized carbons (Fsp3) is 0.222. The molecule has 16 heavy (non-hydrogen) atoms. The summed E-state index contributed by atoms with van der Waals surface area (Å²) in [7, 11) is 1.37. The largest absolute Gasteiger partial charge is 0.495 e. The number of amides is 1. The lowest BCUT2D eigenvalue weighted by molar-refractivity contribution is -0.167. The van der Waals surface area contributed by atoms with E-state index in [9.17, 15) is 18.0 Å². The van der Waals surface area contributed by atoms with Crippen LogP contribution in [0.15, 0.2) is 22.7 Å². The van der Waals surface area contributed by atoms with Crippen molar-refractivity contribution in [3.63, 3.8) is 0 Å². The van der Waals surface area contributed by atoms with Crippen LogP contribution >= 0.6 is 15.9 Å². The average molecular weight is 298 g/mol. The van der Waals surface area contributed by atoms with Crippen molar-refractivity contribution in [2.75, 3.05) is 12.4 Å². The maximum absolute atomic E-state index is 12.0. The quantitative estimate of drug-likeness (QED) is 0.911. The number of methoxy groups -OCH3 is 1. The van der Waals surface area contributed by atoms with Crippen LogP contribution in [0.1, 0.15) is 0 Å². The molecule has 1 rings (SSSR count). The zero-order chi connectivity index (χ0) is 12.3. The summed E-state index contributed by atoms with van der Waals surface area (Å²) in [5.74, 6) is -1.69. The van der Waals surface area contributed by atoms with E-state index in [1.54, 1.807) is 11.4 Å². The summed E-state index contributed by atoms with van der Waals surface area (Å²) in [6.45, 7) is 0. The average Bonchev–Trinajstić information content (AvgIpc) is 2.19. The monoisotopic (exact) mass is 297 g/mol. The number of carbonyl (C=O) groups is 1. The second-order valence-electron chi connectivity index (χ2n) is 2.77. The normalized spacial score (nSPS) is 11.1. The SMILES string of the molecule is COc1cccc(NC(=O)C(F)(F)F)c1Br. The number of carbonyl (C=O) groups excluding carboxylic acids is 1. The molecule has 1 aromatic rings. The predicted molar refractivity (Wildman–Crippen MR) is 55.4 cm³/mol. The van der Waals surface area contributed by atoms with Gasteiger partial charge >= 0.3 is 12.1 Å². The second-order valence-corrected chi connectivity index (χ2v) is 3.57. The minimum absolute atomic E-state index is 0.00155. The summed E-state index contributed by atoms with van der Waals surface area (Å²) < 4.78 is 41.1. The summed E-state index contributed by atoms with van der Waals surface area (Å²) in [5.41, 5.74) is 0.00155. The van der Waals surface area contributed by atoms with Crippen LogP contribution in [0.3, 0.4) is 0 Å². The van der Waals surface area contributed by atoms with Crippen molar-refractivity contribution in [3.05, 3.63) is 22.7 Å². The summed E-state index contributed by atoms with van der Waals surface area (Å²) in [6.07, 6.45) is -4.91. The lowest BCUT2D eigenvalue weighted by Crippen LogP contribution is -2.30. The Balaban J connectivity index is 2.94. The summed E-state index contributed by atoms with van der Waals surface area (Å²) >= 11 is 3.03. The standard InChI is InChI=1S/C9H7BrF3NO2/c1-16-6-4-2-3-5(7(6)10)14-8(15)9(11,12)13/h2-4H,1H3,(H,14,15). The lowest BCUT2D eigenvalue weighted by Gasteiger charge is -2.11. The third kappa shape index (κ3) is 2.88. The van der Waals surface area contributed by atoms with Crippen molar-refractivity contribution in [1.29, 1.82) is 0 Å². The predicted octanol–water partition coefficient (Wildman–Crippen LogP) is 2.96. The van der Waals surface area contributed by atoms with Crippen LogP contribution in [-0.4, -0.2) is 19.2 Å². The van der Waals surface area contributed by atoms with Gasteiger partial charge in [-0.1, -0.05) is 6.07 Å². The summed E-state index contributed by atoms with van der Waals surface area (Å²) in [5, 5.41) is 1.73. The Morgan fingerprint density at radius 2 is 2.06 bits per heavy atom. The van der Waals surface area contributed by atoms with Crippen LogP contribution in [0, 0.1) is 0 Å². The van der Waals surface area contributed by atoms with Crippen LogP contribution in [0.2, 0.25) is 0 Å². The molecule has 0 aromatic heterocycles. The Morgan fingerprint density at radius 1 is 1.44 bits per heavy atom. The zero-order valence-electron chi connectivity index (χ0n) is 8.06. The maximum Gasteiger partial charge on any atom is 0.471 e. The van der Waals surface area contributed by atoms with E-state index in [0.717, 1.165) is 0 Å². The van der Waals surface area contributed by atoms with E-state index in [0.29, 0.717) is 5.75 Å². The minimum atomic E-state index is -4.91. The molecule has 3 nitrogen and oxygen atoms in total. The van der Waals surface area contributed by atoms with Crippen LogP contribution in [0.4, 0.5) is 18.9 Å². The molecule has 0 aliphatic carbocycles. The lowest BCUT2D eigenvalue weighted by atomic mass is 10.3. The van der Waals surface area contributed by atoms with E-state index < -0.39 is 12.1 Å². The van der Waals surface area contributed by atoms with Gasteiger partial charge in [0.2, 0.25) is 0 Å². The van der Waals surface area contributed by atoms with Gasteiger partial charge in [0.25, 0.3) is 0 Å². The van der Waals surface area contributed by atoms with Gasteiger partial charge in [-0.25, -0.2) is 0 Å².